The zero-order valence-corrected chi connectivity index (χ0v) is 15.9. The van der Waals surface area contributed by atoms with E-state index in [-0.39, 0.29) is 5.91 Å². The highest BCUT2D eigenvalue weighted by atomic mass is 79.9. The van der Waals surface area contributed by atoms with Crippen molar-refractivity contribution < 1.29 is 19.1 Å². The third-order valence-electron chi connectivity index (χ3n) is 3.67. The van der Waals surface area contributed by atoms with Gasteiger partial charge in [0.2, 0.25) is 0 Å². The Balaban J connectivity index is 1.97. The second kappa shape index (κ2) is 8.67. The molecule has 0 radical (unpaired) electrons. The Kier molecular flexibility index (Phi) is 6.58. The smallest absolute Gasteiger partial charge is 0.338 e. The van der Waals surface area contributed by atoms with Crippen molar-refractivity contribution >= 4 is 33.5 Å². The highest BCUT2D eigenvalue weighted by Gasteiger charge is 2.19. The summed E-state index contributed by atoms with van der Waals surface area (Å²) in [6.45, 7) is 3.60. The molecule has 2 aromatic carbocycles. The number of methoxy groups -OCH3 is 1. The third kappa shape index (κ3) is 5.06. The number of aryl methyl sites for hydroxylation is 1. The zero-order chi connectivity index (χ0) is 18.4. The lowest BCUT2D eigenvalue weighted by Gasteiger charge is -2.14. The highest BCUT2D eigenvalue weighted by molar-refractivity contribution is 9.10. The average Bonchev–Trinajstić information content (AvgIpc) is 2.62. The van der Waals surface area contributed by atoms with Gasteiger partial charge in [-0.1, -0.05) is 19.1 Å². The Morgan fingerprint density at radius 2 is 1.84 bits per heavy atom. The van der Waals surface area contributed by atoms with Crippen molar-refractivity contribution in [3.8, 4) is 5.75 Å². The van der Waals surface area contributed by atoms with Gasteiger partial charge >= 0.3 is 5.97 Å². The number of carbonyl (C=O) groups is 2. The average molecular weight is 406 g/mol. The van der Waals surface area contributed by atoms with Crippen LogP contribution >= 0.6 is 15.9 Å². The molecule has 0 unspecified atom stereocenters. The molecule has 0 saturated heterocycles. The molecule has 132 valence electrons. The molecular formula is C19H20BrNO4. The van der Waals surface area contributed by atoms with Gasteiger partial charge in [-0.05, 0) is 65.2 Å². The van der Waals surface area contributed by atoms with Gasteiger partial charge in [-0.15, -0.1) is 0 Å². The van der Waals surface area contributed by atoms with E-state index in [1.807, 2.05) is 24.3 Å². The molecule has 0 aliphatic heterocycles. The minimum absolute atomic E-state index is 0.333. The van der Waals surface area contributed by atoms with E-state index in [2.05, 4.69) is 28.2 Å². The zero-order valence-electron chi connectivity index (χ0n) is 14.3. The van der Waals surface area contributed by atoms with E-state index in [0.717, 1.165) is 6.42 Å². The Morgan fingerprint density at radius 1 is 1.16 bits per heavy atom. The SMILES string of the molecule is CCc1ccc(NC(=O)[C@@H](C)OC(=O)c2ccc(OC)c(Br)c2)cc1. The molecule has 0 fully saturated rings. The molecule has 0 aliphatic rings. The Bertz CT molecular complexity index is 759. The molecule has 5 nitrogen and oxygen atoms in total. The maximum atomic E-state index is 12.2. The first kappa shape index (κ1) is 19.0. The van der Waals surface area contributed by atoms with Crippen LogP contribution in [0.1, 0.15) is 29.8 Å². The van der Waals surface area contributed by atoms with E-state index in [1.54, 1.807) is 18.2 Å². The van der Waals surface area contributed by atoms with E-state index in [9.17, 15) is 9.59 Å². The van der Waals surface area contributed by atoms with Crippen molar-refractivity contribution in [3.63, 3.8) is 0 Å². The van der Waals surface area contributed by atoms with Crippen LogP contribution in [0.15, 0.2) is 46.9 Å². The quantitative estimate of drug-likeness (QED) is 0.731. The lowest BCUT2D eigenvalue weighted by Crippen LogP contribution is -2.30. The van der Waals surface area contributed by atoms with Crippen LogP contribution in [-0.4, -0.2) is 25.1 Å². The minimum atomic E-state index is -0.917. The molecule has 25 heavy (non-hydrogen) atoms. The molecule has 2 aromatic rings. The lowest BCUT2D eigenvalue weighted by atomic mass is 10.1. The highest BCUT2D eigenvalue weighted by Crippen LogP contribution is 2.26. The van der Waals surface area contributed by atoms with Crippen LogP contribution < -0.4 is 10.1 Å². The molecular weight excluding hydrogens is 386 g/mol. The summed E-state index contributed by atoms with van der Waals surface area (Å²) in [5.74, 6) is -0.352. The second-order valence-corrected chi connectivity index (χ2v) is 6.29. The van der Waals surface area contributed by atoms with E-state index in [0.29, 0.717) is 21.5 Å². The van der Waals surface area contributed by atoms with Gasteiger partial charge in [0.05, 0.1) is 17.1 Å². The molecule has 1 amide bonds. The predicted octanol–water partition coefficient (Wildman–Crippen LogP) is 4.20. The predicted molar refractivity (Wildman–Crippen MR) is 100 cm³/mol. The van der Waals surface area contributed by atoms with Crippen LogP contribution in [0.5, 0.6) is 5.75 Å². The molecule has 0 heterocycles. The molecule has 0 aliphatic carbocycles. The number of hydrogen-bond acceptors (Lipinski definition) is 4. The monoisotopic (exact) mass is 405 g/mol. The number of esters is 1. The maximum absolute atomic E-state index is 12.2. The summed E-state index contributed by atoms with van der Waals surface area (Å²) < 4.78 is 11.0. The summed E-state index contributed by atoms with van der Waals surface area (Å²) in [5.41, 5.74) is 2.18. The van der Waals surface area contributed by atoms with E-state index in [1.165, 1.54) is 19.6 Å². The maximum Gasteiger partial charge on any atom is 0.338 e. The van der Waals surface area contributed by atoms with Crippen molar-refractivity contribution in [2.45, 2.75) is 26.4 Å². The van der Waals surface area contributed by atoms with Crippen molar-refractivity contribution in [2.24, 2.45) is 0 Å². The van der Waals surface area contributed by atoms with Gasteiger partial charge in [0.25, 0.3) is 5.91 Å². The molecule has 1 atom stereocenters. The Hall–Kier alpha value is -2.34. The van der Waals surface area contributed by atoms with Gasteiger partial charge in [-0.2, -0.15) is 0 Å². The van der Waals surface area contributed by atoms with Crippen LogP contribution in [0.3, 0.4) is 0 Å². The number of amides is 1. The first-order valence-electron chi connectivity index (χ1n) is 7.89. The number of nitrogens with one attached hydrogen (secondary N) is 1. The first-order valence-corrected chi connectivity index (χ1v) is 8.68. The summed E-state index contributed by atoms with van der Waals surface area (Å²) in [6.07, 6.45) is 0.0128. The van der Waals surface area contributed by atoms with Crippen molar-refractivity contribution in [2.75, 3.05) is 12.4 Å². The van der Waals surface area contributed by atoms with Gasteiger partial charge in [0, 0.05) is 5.69 Å². The first-order chi connectivity index (χ1) is 11.9. The summed E-state index contributed by atoms with van der Waals surface area (Å²) in [6, 6.07) is 12.4. The van der Waals surface area contributed by atoms with Gasteiger partial charge in [0.15, 0.2) is 6.10 Å². The molecule has 0 spiro atoms. The fourth-order valence-electron chi connectivity index (χ4n) is 2.14. The number of benzene rings is 2. The van der Waals surface area contributed by atoms with Gasteiger partial charge < -0.3 is 14.8 Å². The van der Waals surface area contributed by atoms with Crippen LogP contribution in [0.2, 0.25) is 0 Å². The number of ether oxygens (including phenoxy) is 2. The summed E-state index contributed by atoms with van der Waals surface area (Å²) in [5, 5.41) is 2.73. The lowest BCUT2D eigenvalue weighted by molar-refractivity contribution is -0.123. The van der Waals surface area contributed by atoms with E-state index < -0.39 is 12.1 Å². The molecule has 0 saturated carbocycles. The van der Waals surface area contributed by atoms with E-state index in [4.69, 9.17) is 9.47 Å². The number of halogens is 1. The van der Waals surface area contributed by atoms with Gasteiger partial charge in [-0.3, -0.25) is 4.79 Å². The molecule has 0 bridgehead atoms. The minimum Gasteiger partial charge on any atom is -0.496 e. The normalized spacial score (nSPS) is 11.5. The van der Waals surface area contributed by atoms with Crippen molar-refractivity contribution in [1.82, 2.24) is 0 Å². The number of carbonyl (C=O) groups excluding carboxylic acids is 2. The Labute approximate surface area is 155 Å². The fourth-order valence-corrected chi connectivity index (χ4v) is 2.68. The van der Waals surface area contributed by atoms with Crippen molar-refractivity contribution in [1.29, 1.82) is 0 Å². The van der Waals surface area contributed by atoms with Crippen LogP contribution in [0.4, 0.5) is 5.69 Å². The fraction of sp³-hybridized carbons (Fsp3) is 0.263. The number of hydrogen-bond donors (Lipinski definition) is 1. The van der Waals surface area contributed by atoms with Crippen molar-refractivity contribution in [3.05, 3.63) is 58.1 Å². The second-order valence-electron chi connectivity index (χ2n) is 5.44. The van der Waals surface area contributed by atoms with Crippen LogP contribution in [0, 0.1) is 0 Å². The number of anilines is 1. The van der Waals surface area contributed by atoms with Gasteiger partial charge in [0.1, 0.15) is 5.75 Å². The van der Waals surface area contributed by atoms with Crippen LogP contribution in [0.25, 0.3) is 0 Å². The standard InChI is InChI=1S/C19H20BrNO4/c1-4-13-5-8-15(9-6-13)21-18(22)12(2)25-19(23)14-7-10-17(24-3)16(20)11-14/h5-12H,4H2,1-3H3,(H,21,22)/t12-/m1/s1. The largest absolute Gasteiger partial charge is 0.496 e. The summed E-state index contributed by atoms with van der Waals surface area (Å²) in [7, 11) is 1.54. The molecule has 0 aromatic heterocycles. The molecule has 6 heteroatoms. The molecule has 1 N–H and O–H groups in total. The Morgan fingerprint density at radius 3 is 2.40 bits per heavy atom. The van der Waals surface area contributed by atoms with Crippen LogP contribution in [-0.2, 0) is 16.0 Å². The topological polar surface area (TPSA) is 64.6 Å². The van der Waals surface area contributed by atoms with Gasteiger partial charge in [-0.25, -0.2) is 4.79 Å². The summed E-state index contributed by atoms with van der Waals surface area (Å²) in [4.78, 5) is 24.4. The number of rotatable bonds is 6. The van der Waals surface area contributed by atoms with E-state index >= 15 is 0 Å². The molecule has 2 rings (SSSR count). The third-order valence-corrected chi connectivity index (χ3v) is 4.29. The summed E-state index contributed by atoms with van der Waals surface area (Å²) >= 11 is 3.31.